The minimum absolute atomic E-state index is 0. The van der Waals surface area contributed by atoms with Crippen molar-refractivity contribution in [2.24, 2.45) is 0 Å². The van der Waals surface area contributed by atoms with Crippen LogP contribution in [0.2, 0.25) is 0 Å². The van der Waals surface area contributed by atoms with E-state index in [1.165, 1.54) is 4.90 Å². The number of rotatable bonds is 1. The number of hydrogen-bond donors (Lipinski definition) is 1. The fraction of sp³-hybridized carbons (Fsp3) is 0.538. The summed E-state index contributed by atoms with van der Waals surface area (Å²) >= 11 is 0. The summed E-state index contributed by atoms with van der Waals surface area (Å²) in [6.07, 6.45) is -10.1. The number of amides is 1. The third-order valence-electron chi connectivity index (χ3n) is 3.41. The molecule has 1 aromatic heterocycles. The molecule has 0 bridgehead atoms. The number of halogens is 8. The molecule has 144 valence electrons. The molecule has 1 saturated heterocycles. The van der Waals surface area contributed by atoms with Gasteiger partial charge in [0.1, 0.15) is 5.69 Å². The maximum absolute atomic E-state index is 13.1. The van der Waals surface area contributed by atoms with Gasteiger partial charge in [-0.3, -0.25) is 4.79 Å². The highest BCUT2D eigenvalue weighted by molar-refractivity contribution is 5.97. The van der Waals surface area contributed by atoms with Crippen LogP contribution in [0.1, 0.15) is 27.3 Å². The molecule has 1 aliphatic rings. The number of aryl methyl sites for hydroxylation is 1. The molecule has 0 saturated carbocycles. The first-order chi connectivity index (χ1) is 10.5. The summed E-state index contributed by atoms with van der Waals surface area (Å²) in [5.74, 6) is -0.961. The van der Waals surface area contributed by atoms with Crippen LogP contribution in [0.3, 0.4) is 0 Å². The van der Waals surface area contributed by atoms with Crippen LogP contribution in [0, 0.1) is 6.92 Å². The molecule has 0 atom stereocenters. The SMILES string of the molecule is Cc1nc(C(F)(F)F)cc(C(F)(F)F)c1C(=O)N1CCNCC1.Cl.Cl. The number of alkyl halides is 6. The lowest BCUT2D eigenvalue weighted by molar-refractivity contribution is -0.145. The second kappa shape index (κ2) is 8.41. The molecule has 0 radical (unpaired) electrons. The highest BCUT2D eigenvalue weighted by Gasteiger charge is 2.42. The number of pyridine rings is 1. The maximum Gasteiger partial charge on any atom is 0.433 e. The van der Waals surface area contributed by atoms with Gasteiger partial charge < -0.3 is 10.2 Å². The van der Waals surface area contributed by atoms with Crippen LogP contribution >= 0.6 is 24.8 Å². The molecule has 1 N–H and O–H groups in total. The van der Waals surface area contributed by atoms with Gasteiger partial charge in [0.15, 0.2) is 0 Å². The predicted molar refractivity (Wildman–Crippen MR) is 82.2 cm³/mol. The highest BCUT2D eigenvalue weighted by Crippen LogP contribution is 2.37. The first kappa shape index (κ1) is 23.7. The molecule has 2 heterocycles. The number of nitrogens with one attached hydrogen (secondary N) is 1. The monoisotopic (exact) mass is 413 g/mol. The van der Waals surface area contributed by atoms with Crippen molar-refractivity contribution in [2.75, 3.05) is 26.2 Å². The molecule has 0 aliphatic carbocycles. The Balaban J connectivity index is 0.00000288. The molecular weight excluding hydrogens is 399 g/mol. The van der Waals surface area contributed by atoms with Gasteiger partial charge in [0, 0.05) is 26.2 Å². The van der Waals surface area contributed by atoms with Gasteiger partial charge in [-0.25, -0.2) is 4.98 Å². The molecule has 0 spiro atoms. The summed E-state index contributed by atoms with van der Waals surface area (Å²) in [6.45, 7) is 2.13. The largest absolute Gasteiger partial charge is 0.433 e. The highest BCUT2D eigenvalue weighted by atomic mass is 35.5. The van der Waals surface area contributed by atoms with E-state index in [0.717, 1.165) is 6.92 Å². The minimum atomic E-state index is -5.09. The maximum atomic E-state index is 13.1. The quantitative estimate of drug-likeness (QED) is 0.718. The molecule has 0 unspecified atom stereocenters. The van der Waals surface area contributed by atoms with Crippen LogP contribution in [0.4, 0.5) is 26.3 Å². The van der Waals surface area contributed by atoms with E-state index in [0.29, 0.717) is 13.1 Å². The van der Waals surface area contributed by atoms with E-state index in [-0.39, 0.29) is 44.0 Å². The number of carbonyl (C=O) groups is 1. The number of piperazine rings is 1. The van der Waals surface area contributed by atoms with Crippen molar-refractivity contribution in [1.29, 1.82) is 0 Å². The summed E-state index contributed by atoms with van der Waals surface area (Å²) < 4.78 is 77.5. The Labute approximate surface area is 151 Å². The lowest BCUT2D eigenvalue weighted by Crippen LogP contribution is -2.47. The molecule has 1 aromatic rings. The van der Waals surface area contributed by atoms with E-state index in [1.807, 2.05) is 0 Å². The molecule has 4 nitrogen and oxygen atoms in total. The number of hydrogen-bond acceptors (Lipinski definition) is 3. The molecule has 12 heteroatoms. The molecular formula is C13H15Cl2F6N3O. The van der Waals surface area contributed by atoms with Gasteiger partial charge >= 0.3 is 12.4 Å². The van der Waals surface area contributed by atoms with Crippen LogP contribution in [-0.2, 0) is 12.4 Å². The number of aromatic nitrogens is 1. The Morgan fingerprint density at radius 3 is 2.04 bits per heavy atom. The summed E-state index contributed by atoms with van der Waals surface area (Å²) in [7, 11) is 0. The topological polar surface area (TPSA) is 45.2 Å². The fourth-order valence-corrected chi connectivity index (χ4v) is 2.34. The van der Waals surface area contributed by atoms with Crippen molar-refractivity contribution < 1.29 is 31.1 Å². The molecule has 1 amide bonds. The van der Waals surface area contributed by atoms with Gasteiger partial charge in [0.2, 0.25) is 0 Å². The Bertz CT molecular complexity index is 615. The molecule has 2 rings (SSSR count). The third kappa shape index (κ3) is 5.35. The fourth-order valence-electron chi connectivity index (χ4n) is 2.34. The van der Waals surface area contributed by atoms with Crippen molar-refractivity contribution in [2.45, 2.75) is 19.3 Å². The standard InChI is InChI=1S/C13H13F6N3O.2ClH/c1-7-10(11(23)22-4-2-20-3-5-22)8(12(14,15)16)6-9(21-7)13(17,18)19;;/h6,20H,2-5H2,1H3;2*1H. The molecule has 0 aromatic carbocycles. The van der Waals surface area contributed by atoms with E-state index in [2.05, 4.69) is 10.3 Å². The Morgan fingerprint density at radius 1 is 1.08 bits per heavy atom. The summed E-state index contributed by atoms with van der Waals surface area (Å²) in [4.78, 5) is 16.6. The van der Waals surface area contributed by atoms with Crippen molar-refractivity contribution in [3.05, 3.63) is 28.6 Å². The van der Waals surface area contributed by atoms with Crippen LogP contribution in [0.15, 0.2) is 6.07 Å². The van der Waals surface area contributed by atoms with Gasteiger partial charge in [-0.1, -0.05) is 0 Å². The van der Waals surface area contributed by atoms with Gasteiger partial charge in [-0.15, -0.1) is 24.8 Å². The predicted octanol–water partition coefficient (Wildman–Crippen LogP) is 3.32. The Hall–Kier alpha value is -1.26. The smallest absolute Gasteiger partial charge is 0.336 e. The van der Waals surface area contributed by atoms with E-state index in [4.69, 9.17) is 0 Å². The van der Waals surface area contributed by atoms with Crippen molar-refractivity contribution in [3.63, 3.8) is 0 Å². The van der Waals surface area contributed by atoms with Crippen molar-refractivity contribution in [3.8, 4) is 0 Å². The van der Waals surface area contributed by atoms with E-state index in [1.54, 1.807) is 0 Å². The van der Waals surface area contributed by atoms with Gasteiger partial charge in [0.05, 0.1) is 16.8 Å². The first-order valence-corrected chi connectivity index (χ1v) is 6.68. The Morgan fingerprint density at radius 2 is 1.60 bits per heavy atom. The zero-order valence-corrected chi connectivity index (χ0v) is 14.4. The lowest BCUT2D eigenvalue weighted by Gasteiger charge is -2.29. The molecule has 1 fully saturated rings. The van der Waals surface area contributed by atoms with Crippen molar-refractivity contribution >= 4 is 30.7 Å². The van der Waals surface area contributed by atoms with Gasteiger partial charge in [0.25, 0.3) is 5.91 Å². The van der Waals surface area contributed by atoms with Crippen LogP contribution in [-0.4, -0.2) is 42.0 Å². The normalized spacial score (nSPS) is 15.2. The Kier molecular flexibility index (Phi) is 7.99. The number of carbonyl (C=O) groups excluding carboxylic acids is 1. The average molecular weight is 414 g/mol. The van der Waals surface area contributed by atoms with Gasteiger partial charge in [-0.2, -0.15) is 26.3 Å². The second-order valence-corrected chi connectivity index (χ2v) is 5.05. The summed E-state index contributed by atoms with van der Waals surface area (Å²) in [5.41, 5.74) is -4.69. The number of nitrogens with zero attached hydrogens (tertiary/aromatic N) is 2. The lowest BCUT2D eigenvalue weighted by atomic mass is 10.0. The van der Waals surface area contributed by atoms with Crippen LogP contribution < -0.4 is 5.32 Å². The second-order valence-electron chi connectivity index (χ2n) is 5.05. The van der Waals surface area contributed by atoms with Crippen LogP contribution in [0.5, 0.6) is 0 Å². The summed E-state index contributed by atoms with van der Waals surface area (Å²) in [5, 5.41) is 2.93. The minimum Gasteiger partial charge on any atom is -0.336 e. The van der Waals surface area contributed by atoms with E-state index in [9.17, 15) is 31.1 Å². The summed E-state index contributed by atoms with van der Waals surface area (Å²) in [6, 6.07) is -0.109. The zero-order valence-electron chi connectivity index (χ0n) is 12.8. The van der Waals surface area contributed by atoms with Gasteiger partial charge in [-0.05, 0) is 13.0 Å². The first-order valence-electron chi connectivity index (χ1n) is 6.68. The third-order valence-corrected chi connectivity index (χ3v) is 3.41. The van der Waals surface area contributed by atoms with E-state index < -0.39 is 40.8 Å². The molecule has 1 aliphatic heterocycles. The van der Waals surface area contributed by atoms with E-state index >= 15 is 0 Å². The molecule has 25 heavy (non-hydrogen) atoms. The average Bonchev–Trinajstić information content (AvgIpc) is 2.44. The zero-order chi connectivity index (χ0) is 17.4. The van der Waals surface area contributed by atoms with Crippen LogP contribution in [0.25, 0.3) is 0 Å². The van der Waals surface area contributed by atoms with Crippen molar-refractivity contribution in [1.82, 2.24) is 15.2 Å².